The number of rotatable bonds is 5. The van der Waals surface area contributed by atoms with Gasteiger partial charge in [-0.05, 0) is 49.1 Å². The SMILES string of the molecule is COc1ccc(N(C(=O)CC2CCCCC2)C2C=CS(=O)(=O)C2)cc1. The van der Waals surface area contributed by atoms with E-state index in [9.17, 15) is 13.2 Å². The number of ether oxygens (including phenoxy) is 1. The predicted molar refractivity (Wildman–Crippen MR) is 98.4 cm³/mol. The average molecular weight is 363 g/mol. The zero-order valence-electron chi connectivity index (χ0n) is 14.6. The molecule has 1 amide bonds. The van der Waals surface area contributed by atoms with E-state index in [1.165, 1.54) is 24.7 Å². The Morgan fingerprint density at radius 1 is 1.16 bits per heavy atom. The van der Waals surface area contributed by atoms with Crippen LogP contribution in [0.25, 0.3) is 0 Å². The molecule has 0 bridgehead atoms. The minimum atomic E-state index is -3.23. The van der Waals surface area contributed by atoms with Crippen LogP contribution in [0.2, 0.25) is 0 Å². The quantitative estimate of drug-likeness (QED) is 0.805. The number of nitrogens with zero attached hydrogens (tertiary/aromatic N) is 1. The van der Waals surface area contributed by atoms with Crippen LogP contribution in [0.4, 0.5) is 5.69 Å². The summed E-state index contributed by atoms with van der Waals surface area (Å²) >= 11 is 0. The third-order valence-corrected chi connectivity index (χ3v) is 6.43. The molecule has 0 radical (unpaired) electrons. The number of carbonyl (C=O) groups excluding carboxylic acids is 1. The van der Waals surface area contributed by atoms with Crippen LogP contribution in [-0.4, -0.2) is 33.2 Å². The fourth-order valence-corrected chi connectivity index (χ4v) is 4.99. The maximum atomic E-state index is 13.0. The fourth-order valence-electron chi connectivity index (χ4n) is 3.72. The topological polar surface area (TPSA) is 63.7 Å². The molecule has 0 aromatic heterocycles. The Bertz CT molecular complexity index is 733. The van der Waals surface area contributed by atoms with Gasteiger partial charge in [-0.25, -0.2) is 8.42 Å². The van der Waals surface area contributed by atoms with Crippen LogP contribution in [0, 0.1) is 5.92 Å². The first-order valence-electron chi connectivity index (χ1n) is 8.85. The molecule has 1 aromatic carbocycles. The Balaban J connectivity index is 1.82. The van der Waals surface area contributed by atoms with E-state index in [4.69, 9.17) is 4.74 Å². The Kier molecular flexibility index (Phi) is 5.47. The molecule has 1 fully saturated rings. The molecule has 1 aliphatic heterocycles. The van der Waals surface area contributed by atoms with Crippen LogP contribution < -0.4 is 9.64 Å². The van der Waals surface area contributed by atoms with Crippen LogP contribution >= 0.6 is 0 Å². The van der Waals surface area contributed by atoms with Gasteiger partial charge in [0.05, 0.1) is 18.9 Å². The summed E-state index contributed by atoms with van der Waals surface area (Å²) in [6, 6.07) is 6.79. The summed E-state index contributed by atoms with van der Waals surface area (Å²) in [5.74, 6) is 1.07. The third kappa shape index (κ3) is 4.42. The first kappa shape index (κ1) is 18.0. The van der Waals surface area contributed by atoms with Crippen molar-refractivity contribution in [3.8, 4) is 5.75 Å². The zero-order valence-corrected chi connectivity index (χ0v) is 15.4. The van der Waals surface area contributed by atoms with E-state index in [2.05, 4.69) is 0 Å². The summed E-state index contributed by atoms with van der Waals surface area (Å²) in [4.78, 5) is 14.7. The Morgan fingerprint density at radius 3 is 2.40 bits per heavy atom. The second-order valence-corrected chi connectivity index (χ2v) is 8.83. The summed E-state index contributed by atoms with van der Waals surface area (Å²) in [5.41, 5.74) is 0.716. The highest BCUT2D eigenvalue weighted by Crippen LogP contribution is 2.30. The lowest BCUT2D eigenvalue weighted by atomic mass is 9.86. The molecule has 1 heterocycles. The van der Waals surface area contributed by atoms with Crippen molar-refractivity contribution in [2.24, 2.45) is 5.92 Å². The largest absolute Gasteiger partial charge is 0.497 e. The third-order valence-electron chi connectivity index (χ3n) is 5.05. The van der Waals surface area contributed by atoms with Crippen LogP contribution in [0.5, 0.6) is 5.75 Å². The molecule has 25 heavy (non-hydrogen) atoms. The smallest absolute Gasteiger partial charge is 0.227 e. The molecular weight excluding hydrogens is 338 g/mol. The number of amides is 1. The lowest BCUT2D eigenvalue weighted by Crippen LogP contribution is -2.42. The first-order valence-corrected chi connectivity index (χ1v) is 10.6. The predicted octanol–water partition coefficient (Wildman–Crippen LogP) is 3.31. The van der Waals surface area contributed by atoms with Crippen molar-refractivity contribution in [2.75, 3.05) is 17.8 Å². The van der Waals surface area contributed by atoms with E-state index < -0.39 is 15.9 Å². The van der Waals surface area contributed by atoms with Gasteiger partial charge in [0.15, 0.2) is 9.84 Å². The number of sulfone groups is 1. The zero-order chi connectivity index (χ0) is 17.9. The molecule has 2 aliphatic rings. The highest BCUT2D eigenvalue weighted by atomic mass is 32.2. The van der Waals surface area contributed by atoms with Gasteiger partial charge in [-0.1, -0.05) is 19.3 Å². The molecule has 5 nitrogen and oxygen atoms in total. The van der Waals surface area contributed by atoms with Crippen molar-refractivity contribution in [3.63, 3.8) is 0 Å². The standard InChI is InChI=1S/C19H25NO4S/c1-24-18-9-7-16(8-10-18)20(17-11-12-25(22,23)14-17)19(21)13-15-5-3-2-4-6-15/h7-12,15,17H,2-6,13-14H2,1H3. The van der Waals surface area contributed by atoms with Crippen molar-refractivity contribution in [1.82, 2.24) is 0 Å². The fraction of sp³-hybridized carbons (Fsp3) is 0.526. The molecule has 1 unspecified atom stereocenters. The Morgan fingerprint density at radius 2 is 1.84 bits per heavy atom. The number of methoxy groups -OCH3 is 1. The number of carbonyl (C=O) groups is 1. The van der Waals surface area contributed by atoms with Gasteiger partial charge in [0.2, 0.25) is 5.91 Å². The molecule has 6 heteroatoms. The summed E-state index contributed by atoms with van der Waals surface area (Å²) in [6.07, 6.45) is 7.88. The van der Waals surface area contributed by atoms with E-state index in [1.54, 1.807) is 30.2 Å². The van der Waals surface area contributed by atoms with Gasteiger partial charge in [-0.15, -0.1) is 0 Å². The van der Waals surface area contributed by atoms with E-state index in [0.717, 1.165) is 12.8 Å². The normalized spacial score (nSPS) is 22.7. The highest BCUT2D eigenvalue weighted by molar-refractivity contribution is 7.94. The molecule has 1 aromatic rings. The van der Waals surface area contributed by atoms with Gasteiger partial charge in [0.25, 0.3) is 0 Å². The Labute approximate surface area is 149 Å². The summed E-state index contributed by atoms with van der Waals surface area (Å²) in [7, 11) is -1.64. The molecule has 136 valence electrons. The number of anilines is 1. The molecule has 0 N–H and O–H groups in total. The molecule has 1 atom stereocenters. The molecule has 1 saturated carbocycles. The summed E-state index contributed by atoms with van der Waals surface area (Å²) in [5, 5.41) is 1.22. The second kappa shape index (κ2) is 7.60. The number of hydrogen-bond donors (Lipinski definition) is 0. The van der Waals surface area contributed by atoms with Crippen LogP contribution in [-0.2, 0) is 14.6 Å². The monoisotopic (exact) mass is 363 g/mol. The Hall–Kier alpha value is -1.82. The molecule has 0 spiro atoms. The van der Waals surface area contributed by atoms with Crippen LogP contribution in [0.1, 0.15) is 38.5 Å². The van der Waals surface area contributed by atoms with Crippen LogP contribution in [0.3, 0.4) is 0 Å². The van der Waals surface area contributed by atoms with E-state index in [-0.39, 0.29) is 11.7 Å². The van der Waals surface area contributed by atoms with Gasteiger partial charge in [-0.3, -0.25) is 4.79 Å². The summed E-state index contributed by atoms with van der Waals surface area (Å²) in [6.45, 7) is 0. The first-order chi connectivity index (χ1) is 12.0. The summed E-state index contributed by atoms with van der Waals surface area (Å²) < 4.78 is 28.9. The van der Waals surface area contributed by atoms with Crippen molar-refractivity contribution in [1.29, 1.82) is 0 Å². The van der Waals surface area contributed by atoms with Gasteiger partial charge < -0.3 is 9.64 Å². The number of benzene rings is 1. The van der Waals surface area contributed by atoms with Gasteiger partial charge in [0.1, 0.15) is 5.75 Å². The maximum Gasteiger partial charge on any atom is 0.227 e. The lowest BCUT2D eigenvalue weighted by molar-refractivity contribution is -0.120. The molecule has 0 saturated heterocycles. The molecule has 3 rings (SSSR count). The van der Waals surface area contributed by atoms with Crippen LogP contribution in [0.15, 0.2) is 35.7 Å². The van der Waals surface area contributed by atoms with Gasteiger partial charge in [-0.2, -0.15) is 0 Å². The lowest BCUT2D eigenvalue weighted by Gasteiger charge is -2.30. The van der Waals surface area contributed by atoms with Crippen molar-refractivity contribution < 1.29 is 17.9 Å². The highest BCUT2D eigenvalue weighted by Gasteiger charge is 2.32. The van der Waals surface area contributed by atoms with E-state index >= 15 is 0 Å². The minimum Gasteiger partial charge on any atom is -0.497 e. The maximum absolute atomic E-state index is 13.0. The van der Waals surface area contributed by atoms with Gasteiger partial charge >= 0.3 is 0 Å². The second-order valence-electron chi connectivity index (χ2n) is 6.90. The molecular formula is C19H25NO4S. The minimum absolute atomic E-state index is 0.00353. The van der Waals surface area contributed by atoms with Crippen molar-refractivity contribution in [3.05, 3.63) is 35.7 Å². The van der Waals surface area contributed by atoms with Crippen molar-refractivity contribution >= 4 is 21.4 Å². The van der Waals surface area contributed by atoms with E-state index in [0.29, 0.717) is 23.8 Å². The van der Waals surface area contributed by atoms with Crippen molar-refractivity contribution in [2.45, 2.75) is 44.6 Å². The van der Waals surface area contributed by atoms with E-state index in [1.807, 2.05) is 12.1 Å². The number of hydrogen-bond acceptors (Lipinski definition) is 4. The molecule has 1 aliphatic carbocycles. The van der Waals surface area contributed by atoms with Gasteiger partial charge in [0, 0.05) is 17.5 Å². The average Bonchev–Trinajstić information content (AvgIpc) is 2.96.